The molecule has 0 amide bonds. The number of carboxylic acid groups (broad SMARTS) is 1. The molecule has 122 valence electrons. The third-order valence-corrected chi connectivity index (χ3v) is 4.31. The van der Waals surface area contributed by atoms with E-state index >= 15 is 0 Å². The summed E-state index contributed by atoms with van der Waals surface area (Å²) >= 11 is 0. The number of carboxylic acids is 1. The molecule has 0 saturated heterocycles. The number of hydrogen-bond acceptors (Lipinski definition) is 2. The van der Waals surface area contributed by atoms with Gasteiger partial charge in [0.2, 0.25) is 0 Å². The van der Waals surface area contributed by atoms with Crippen LogP contribution in [0.5, 0.6) is 0 Å². The number of hydrogen-bond donors (Lipinski definition) is 1. The molecule has 2 rings (SSSR count). The summed E-state index contributed by atoms with van der Waals surface area (Å²) < 4.78 is 0. The van der Waals surface area contributed by atoms with Crippen LogP contribution < -0.4 is 0 Å². The summed E-state index contributed by atoms with van der Waals surface area (Å²) in [5, 5.41) is 9.00. The largest absolute Gasteiger partial charge is 0.478 e. The first-order valence-electron chi connectivity index (χ1n) is 7.69. The summed E-state index contributed by atoms with van der Waals surface area (Å²) in [6.45, 7) is 9.78. The van der Waals surface area contributed by atoms with Gasteiger partial charge in [-0.15, -0.1) is 19.7 Å². The summed E-state index contributed by atoms with van der Waals surface area (Å²) in [6.07, 6.45) is 7.11. The van der Waals surface area contributed by atoms with Crippen molar-refractivity contribution in [3.8, 4) is 0 Å². The second-order valence-electron chi connectivity index (χ2n) is 5.54. The number of carbonyl (C=O) groups excluding carboxylic acids is 1. The fraction of sp³-hybridized carbons (Fsp3) is 0.300. The average Bonchev–Trinajstić information content (AvgIpc) is 2.57. The lowest BCUT2D eigenvalue weighted by Gasteiger charge is -2.42. The standard InChI is InChI=1S/C18H20O3.C2H4/c1-2-6-15-13-16(19)9-11-18(15,12-10-17(20)21)14-7-4-3-5-8-14;1-2/h2-5,7-8,10,12,15H,1,6,9,11,13H2,(H,20,21);1-2H2. The van der Waals surface area contributed by atoms with Gasteiger partial charge in [-0.2, -0.15) is 0 Å². The summed E-state index contributed by atoms with van der Waals surface area (Å²) in [5.41, 5.74) is 0.670. The van der Waals surface area contributed by atoms with E-state index in [1.165, 1.54) is 6.08 Å². The zero-order valence-electron chi connectivity index (χ0n) is 13.4. The van der Waals surface area contributed by atoms with Crippen molar-refractivity contribution in [3.05, 3.63) is 73.9 Å². The highest BCUT2D eigenvalue weighted by Crippen LogP contribution is 2.45. The molecule has 1 aromatic rings. The average molecular weight is 312 g/mol. The smallest absolute Gasteiger partial charge is 0.328 e. The minimum atomic E-state index is -0.959. The van der Waals surface area contributed by atoms with Crippen LogP contribution in [0.15, 0.2) is 68.3 Å². The van der Waals surface area contributed by atoms with Gasteiger partial charge in [0.25, 0.3) is 0 Å². The molecular formula is C20H24O3. The van der Waals surface area contributed by atoms with Crippen LogP contribution in [0.2, 0.25) is 0 Å². The normalized spacial score (nSPS) is 23.8. The first kappa shape index (κ1) is 18.6. The molecule has 2 unspecified atom stereocenters. The summed E-state index contributed by atoms with van der Waals surface area (Å²) in [4.78, 5) is 22.8. The number of Topliss-reactive ketones (excluding diaryl/α,β-unsaturated/α-hetero) is 1. The maximum absolute atomic E-state index is 11.8. The Morgan fingerprint density at radius 3 is 2.52 bits per heavy atom. The molecule has 0 heterocycles. The maximum Gasteiger partial charge on any atom is 0.328 e. The monoisotopic (exact) mass is 312 g/mol. The molecule has 1 saturated carbocycles. The summed E-state index contributed by atoms with van der Waals surface area (Å²) in [5.74, 6) is -0.647. The molecule has 1 aliphatic carbocycles. The van der Waals surface area contributed by atoms with Gasteiger partial charge >= 0.3 is 5.97 Å². The van der Waals surface area contributed by atoms with Crippen molar-refractivity contribution >= 4 is 11.8 Å². The molecule has 0 aliphatic heterocycles. The number of carbonyl (C=O) groups is 2. The van der Waals surface area contributed by atoms with E-state index in [9.17, 15) is 9.59 Å². The van der Waals surface area contributed by atoms with Gasteiger partial charge in [-0.3, -0.25) is 4.79 Å². The Kier molecular flexibility index (Phi) is 7.20. The van der Waals surface area contributed by atoms with E-state index in [0.717, 1.165) is 5.56 Å². The highest BCUT2D eigenvalue weighted by atomic mass is 16.4. The van der Waals surface area contributed by atoms with Gasteiger partial charge in [0, 0.05) is 24.3 Å². The van der Waals surface area contributed by atoms with E-state index in [2.05, 4.69) is 19.7 Å². The maximum atomic E-state index is 11.8. The lowest BCUT2D eigenvalue weighted by atomic mass is 9.61. The zero-order chi connectivity index (χ0) is 17.3. The van der Waals surface area contributed by atoms with Gasteiger partial charge in [0.15, 0.2) is 0 Å². The van der Waals surface area contributed by atoms with Gasteiger partial charge in [-0.1, -0.05) is 42.5 Å². The Balaban J connectivity index is 0.00000127. The summed E-state index contributed by atoms with van der Waals surface area (Å²) in [6, 6.07) is 9.87. The van der Waals surface area contributed by atoms with Crippen LogP contribution in [-0.4, -0.2) is 16.9 Å². The van der Waals surface area contributed by atoms with Crippen molar-refractivity contribution in [1.29, 1.82) is 0 Å². The molecular weight excluding hydrogens is 288 g/mol. The minimum absolute atomic E-state index is 0.0641. The Labute approximate surface area is 138 Å². The molecule has 1 N–H and O–H groups in total. The second-order valence-corrected chi connectivity index (χ2v) is 5.54. The minimum Gasteiger partial charge on any atom is -0.478 e. The van der Waals surface area contributed by atoms with E-state index in [0.29, 0.717) is 25.7 Å². The fourth-order valence-corrected chi connectivity index (χ4v) is 3.27. The third-order valence-electron chi connectivity index (χ3n) is 4.31. The Morgan fingerprint density at radius 1 is 1.30 bits per heavy atom. The van der Waals surface area contributed by atoms with E-state index in [-0.39, 0.29) is 11.7 Å². The number of aliphatic carboxylic acids is 1. The van der Waals surface area contributed by atoms with E-state index in [1.807, 2.05) is 36.4 Å². The molecule has 3 nitrogen and oxygen atoms in total. The quantitative estimate of drug-likeness (QED) is 0.651. The SMILES string of the molecule is C=C.C=CCC1CC(=O)CCC1(C=CC(=O)O)c1ccccc1. The lowest BCUT2D eigenvalue weighted by molar-refractivity contribution is -0.131. The van der Waals surface area contributed by atoms with Crippen molar-refractivity contribution in [2.24, 2.45) is 5.92 Å². The van der Waals surface area contributed by atoms with Gasteiger partial charge in [0.05, 0.1) is 0 Å². The zero-order valence-corrected chi connectivity index (χ0v) is 13.4. The molecule has 1 aliphatic rings. The van der Waals surface area contributed by atoms with Crippen LogP contribution in [0, 0.1) is 5.92 Å². The van der Waals surface area contributed by atoms with E-state index in [4.69, 9.17) is 5.11 Å². The first-order valence-corrected chi connectivity index (χ1v) is 7.69. The van der Waals surface area contributed by atoms with Crippen LogP contribution in [0.25, 0.3) is 0 Å². The number of benzene rings is 1. The van der Waals surface area contributed by atoms with Crippen LogP contribution in [0.4, 0.5) is 0 Å². The molecule has 23 heavy (non-hydrogen) atoms. The fourth-order valence-electron chi connectivity index (χ4n) is 3.27. The van der Waals surface area contributed by atoms with E-state index in [1.54, 1.807) is 6.08 Å². The van der Waals surface area contributed by atoms with Gasteiger partial charge in [-0.05, 0) is 24.3 Å². The van der Waals surface area contributed by atoms with E-state index < -0.39 is 11.4 Å². The molecule has 0 spiro atoms. The van der Waals surface area contributed by atoms with Crippen LogP contribution >= 0.6 is 0 Å². The highest BCUT2D eigenvalue weighted by molar-refractivity contribution is 5.82. The first-order chi connectivity index (χ1) is 11.1. The number of ketones is 1. The highest BCUT2D eigenvalue weighted by Gasteiger charge is 2.42. The Hall–Kier alpha value is -2.42. The van der Waals surface area contributed by atoms with Crippen molar-refractivity contribution in [1.82, 2.24) is 0 Å². The molecule has 1 fully saturated rings. The van der Waals surface area contributed by atoms with Crippen molar-refractivity contribution in [2.75, 3.05) is 0 Å². The van der Waals surface area contributed by atoms with Crippen molar-refractivity contribution < 1.29 is 14.7 Å². The lowest BCUT2D eigenvalue weighted by Crippen LogP contribution is -2.39. The van der Waals surface area contributed by atoms with Gasteiger partial charge < -0.3 is 5.11 Å². The predicted octanol–water partition coefficient (Wildman–Crippen LogP) is 4.31. The second kappa shape index (κ2) is 8.89. The molecule has 2 atom stereocenters. The molecule has 0 aromatic heterocycles. The van der Waals surface area contributed by atoms with Crippen molar-refractivity contribution in [2.45, 2.75) is 31.1 Å². The third kappa shape index (κ3) is 4.52. The number of allylic oxidation sites excluding steroid dienone is 2. The van der Waals surface area contributed by atoms with Crippen molar-refractivity contribution in [3.63, 3.8) is 0 Å². The molecule has 0 bridgehead atoms. The predicted molar refractivity (Wildman–Crippen MR) is 93.3 cm³/mol. The summed E-state index contributed by atoms with van der Waals surface area (Å²) in [7, 11) is 0. The molecule has 1 aromatic carbocycles. The van der Waals surface area contributed by atoms with Gasteiger partial charge in [0.1, 0.15) is 5.78 Å². The van der Waals surface area contributed by atoms with Crippen LogP contribution in [0.3, 0.4) is 0 Å². The molecule has 3 heteroatoms. The molecule has 0 radical (unpaired) electrons. The van der Waals surface area contributed by atoms with Gasteiger partial charge in [-0.25, -0.2) is 4.79 Å². The Bertz CT molecular complexity index is 574. The Morgan fingerprint density at radius 2 is 1.96 bits per heavy atom. The topological polar surface area (TPSA) is 54.4 Å². The number of rotatable bonds is 5. The van der Waals surface area contributed by atoms with Crippen LogP contribution in [0.1, 0.15) is 31.2 Å². The van der Waals surface area contributed by atoms with Crippen LogP contribution in [-0.2, 0) is 15.0 Å².